The standard InChI is InChI=1S/C33H41N3O2/c1-33(2,3)38-32(37)36-17-15-24(16-18-36)27-13-10-23-9-11-25(19-29(23)27)35-26-12-14-28-30(21-34-31(28)20-26)22-7-5-4-6-8-22/h9,11-14,19-22,24,34-35H,4-8,10,15-18H2,1-3H3. The largest absolute Gasteiger partial charge is 0.444 e. The van der Waals surface area contributed by atoms with Gasteiger partial charge in [-0.2, -0.15) is 0 Å². The van der Waals surface area contributed by atoms with Crippen molar-refractivity contribution < 1.29 is 9.53 Å². The Bertz CT molecular complexity index is 1350. The van der Waals surface area contributed by atoms with Gasteiger partial charge in [-0.15, -0.1) is 0 Å². The summed E-state index contributed by atoms with van der Waals surface area (Å²) in [4.78, 5) is 17.9. The molecule has 5 heteroatoms. The van der Waals surface area contributed by atoms with E-state index in [0.29, 0.717) is 11.8 Å². The van der Waals surface area contributed by atoms with Crippen molar-refractivity contribution in [2.45, 2.75) is 83.7 Å². The molecule has 5 nitrogen and oxygen atoms in total. The summed E-state index contributed by atoms with van der Waals surface area (Å²) in [7, 11) is 0. The van der Waals surface area contributed by atoms with Gasteiger partial charge in [-0.3, -0.25) is 0 Å². The van der Waals surface area contributed by atoms with Gasteiger partial charge in [-0.05, 0) is 111 Å². The Morgan fingerprint density at radius 1 is 0.947 bits per heavy atom. The number of piperidine rings is 1. The number of ether oxygens (including phenoxy) is 1. The lowest BCUT2D eigenvalue weighted by Crippen LogP contribution is -2.41. The molecular weight excluding hydrogens is 470 g/mol. The molecule has 2 aromatic carbocycles. The molecule has 2 N–H and O–H groups in total. The van der Waals surface area contributed by atoms with Gasteiger partial charge in [0.05, 0.1) is 0 Å². The molecule has 3 aliphatic rings. The van der Waals surface area contributed by atoms with Crippen LogP contribution in [-0.2, 0) is 11.2 Å². The number of benzene rings is 2. The molecule has 200 valence electrons. The highest BCUT2D eigenvalue weighted by atomic mass is 16.6. The minimum atomic E-state index is -0.451. The number of hydrogen-bond acceptors (Lipinski definition) is 3. The molecule has 0 unspecified atom stereocenters. The van der Waals surface area contributed by atoms with Crippen molar-refractivity contribution in [3.05, 3.63) is 65.4 Å². The highest BCUT2D eigenvalue weighted by molar-refractivity contribution is 5.88. The number of nitrogens with one attached hydrogen (secondary N) is 2. The van der Waals surface area contributed by atoms with Crippen LogP contribution in [0.25, 0.3) is 16.5 Å². The van der Waals surface area contributed by atoms with Crippen LogP contribution in [0, 0.1) is 5.92 Å². The SMILES string of the molecule is CC(C)(C)OC(=O)N1CCC(C2=CCc3ccc(Nc4ccc5c(C6CCCCC6)c[nH]c5c4)cc32)CC1. The molecule has 2 fully saturated rings. The quantitative estimate of drug-likeness (QED) is 0.369. The predicted molar refractivity (Wildman–Crippen MR) is 156 cm³/mol. The fraction of sp³-hybridized carbons (Fsp3) is 0.485. The van der Waals surface area contributed by atoms with Crippen molar-refractivity contribution in [3.8, 4) is 0 Å². The maximum Gasteiger partial charge on any atom is 0.410 e. The molecule has 0 bridgehead atoms. The Kier molecular flexibility index (Phi) is 6.71. The minimum Gasteiger partial charge on any atom is -0.444 e. The normalized spacial score (nSPS) is 18.9. The number of carbonyl (C=O) groups excluding carboxylic acids is 1. The summed E-state index contributed by atoms with van der Waals surface area (Å²) < 4.78 is 5.59. The molecule has 3 aromatic rings. The van der Waals surface area contributed by atoms with Crippen LogP contribution in [0.5, 0.6) is 0 Å². The van der Waals surface area contributed by atoms with Crippen molar-refractivity contribution >= 4 is 33.9 Å². The second-order valence-electron chi connectivity index (χ2n) is 12.4. The van der Waals surface area contributed by atoms with E-state index in [2.05, 4.69) is 59.0 Å². The molecule has 1 saturated heterocycles. The van der Waals surface area contributed by atoms with E-state index in [9.17, 15) is 4.79 Å². The van der Waals surface area contributed by atoms with E-state index in [0.717, 1.165) is 43.7 Å². The molecule has 6 rings (SSSR count). The maximum absolute atomic E-state index is 12.5. The molecule has 2 aliphatic carbocycles. The number of likely N-dealkylation sites (tertiary alicyclic amines) is 1. The zero-order chi connectivity index (χ0) is 26.3. The third kappa shape index (κ3) is 5.21. The third-order valence-corrected chi connectivity index (χ3v) is 8.60. The van der Waals surface area contributed by atoms with Gasteiger partial charge in [-0.1, -0.05) is 37.5 Å². The van der Waals surface area contributed by atoms with Crippen molar-refractivity contribution in [2.75, 3.05) is 18.4 Å². The average Bonchev–Trinajstić information content (AvgIpc) is 3.52. The molecular formula is C33H41N3O2. The highest BCUT2D eigenvalue weighted by Crippen LogP contribution is 2.40. The summed E-state index contributed by atoms with van der Waals surface area (Å²) in [6, 6.07) is 13.5. The van der Waals surface area contributed by atoms with Crippen molar-refractivity contribution in [1.29, 1.82) is 0 Å². The fourth-order valence-electron chi connectivity index (χ4n) is 6.66. The second kappa shape index (κ2) is 10.2. The van der Waals surface area contributed by atoms with Crippen LogP contribution in [0.4, 0.5) is 16.2 Å². The van der Waals surface area contributed by atoms with E-state index >= 15 is 0 Å². The van der Waals surface area contributed by atoms with Crippen LogP contribution in [0.1, 0.15) is 88.3 Å². The monoisotopic (exact) mass is 511 g/mol. The fourth-order valence-corrected chi connectivity index (χ4v) is 6.66. The summed E-state index contributed by atoms with van der Waals surface area (Å²) in [5.41, 5.74) is 8.72. The van der Waals surface area contributed by atoms with Gasteiger partial charge in [0.15, 0.2) is 0 Å². The number of allylic oxidation sites excluding steroid dienone is 2. The van der Waals surface area contributed by atoms with Gasteiger partial charge in [-0.25, -0.2) is 4.79 Å². The summed E-state index contributed by atoms with van der Waals surface area (Å²) in [6.45, 7) is 7.28. The Morgan fingerprint density at radius 2 is 1.68 bits per heavy atom. The molecule has 1 aliphatic heterocycles. The smallest absolute Gasteiger partial charge is 0.410 e. The first-order chi connectivity index (χ1) is 18.3. The van der Waals surface area contributed by atoms with Gasteiger partial charge in [0, 0.05) is 41.6 Å². The number of amides is 1. The Balaban J connectivity index is 1.13. The number of hydrogen-bond donors (Lipinski definition) is 2. The van der Waals surface area contributed by atoms with Crippen LogP contribution in [-0.4, -0.2) is 34.7 Å². The van der Waals surface area contributed by atoms with Crippen LogP contribution >= 0.6 is 0 Å². The number of rotatable bonds is 4. The first-order valence-corrected chi connectivity index (χ1v) is 14.5. The topological polar surface area (TPSA) is 57.4 Å². The first kappa shape index (κ1) is 25.1. The lowest BCUT2D eigenvalue weighted by Gasteiger charge is -2.34. The lowest BCUT2D eigenvalue weighted by atomic mass is 9.84. The summed E-state index contributed by atoms with van der Waals surface area (Å²) in [5, 5.41) is 5.04. The maximum atomic E-state index is 12.5. The predicted octanol–water partition coefficient (Wildman–Crippen LogP) is 8.55. The third-order valence-electron chi connectivity index (χ3n) is 8.60. The summed E-state index contributed by atoms with van der Waals surface area (Å²) in [5.74, 6) is 1.19. The molecule has 1 aromatic heterocycles. The minimum absolute atomic E-state index is 0.187. The molecule has 1 saturated carbocycles. The molecule has 0 radical (unpaired) electrons. The number of carbonyl (C=O) groups is 1. The van der Waals surface area contributed by atoms with Crippen LogP contribution < -0.4 is 5.32 Å². The molecule has 2 heterocycles. The lowest BCUT2D eigenvalue weighted by molar-refractivity contribution is 0.0200. The van der Waals surface area contributed by atoms with Crippen LogP contribution in [0.3, 0.4) is 0 Å². The van der Waals surface area contributed by atoms with Gasteiger partial charge in [0.1, 0.15) is 5.60 Å². The molecule has 0 spiro atoms. The van der Waals surface area contributed by atoms with Gasteiger partial charge >= 0.3 is 6.09 Å². The van der Waals surface area contributed by atoms with Crippen molar-refractivity contribution in [3.63, 3.8) is 0 Å². The zero-order valence-corrected chi connectivity index (χ0v) is 23.1. The second-order valence-corrected chi connectivity index (χ2v) is 12.4. The number of anilines is 2. The molecule has 0 atom stereocenters. The summed E-state index contributed by atoms with van der Waals surface area (Å²) >= 11 is 0. The van der Waals surface area contributed by atoms with Crippen LogP contribution in [0.2, 0.25) is 0 Å². The average molecular weight is 512 g/mol. The van der Waals surface area contributed by atoms with Crippen molar-refractivity contribution in [1.82, 2.24) is 9.88 Å². The highest BCUT2D eigenvalue weighted by Gasteiger charge is 2.30. The van der Waals surface area contributed by atoms with Crippen LogP contribution in [0.15, 0.2) is 48.7 Å². The van der Waals surface area contributed by atoms with E-state index in [1.165, 1.54) is 65.3 Å². The summed E-state index contributed by atoms with van der Waals surface area (Å²) in [6.07, 6.45) is 14.1. The van der Waals surface area contributed by atoms with Crippen molar-refractivity contribution in [2.24, 2.45) is 5.92 Å². The zero-order valence-electron chi connectivity index (χ0n) is 23.1. The van der Waals surface area contributed by atoms with E-state index in [4.69, 9.17) is 4.74 Å². The Labute approximate surface area is 226 Å². The van der Waals surface area contributed by atoms with E-state index in [-0.39, 0.29) is 6.09 Å². The number of aromatic nitrogens is 1. The van der Waals surface area contributed by atoms with Gasteiger partial charge in [0.25, 0.3) is 0 Å². The van der Waals surface area contributed by atoms with Gasteiger partial charge < -0.3 is 19.9 Å². The Morgan fingerprint density at radius 3 is 2.45 bits per heavy atom. The Hall–Kier alpha value is -3.21. The van der Waals surface area contributed by atoms with Gasteiger partial charge in [0.2, 0.25) is 0 Å². The van der Waals surface area contributed by atoms with E-state index < -0.39 is 5.60 Å². The molecule has 38 heavy (non-hydrogen) atoms. The van der Waals surface area contributed by atoms with E-state index in [1.54, 1.807) is 0 Å². The number of nitrogens with zero attached hydrogens (tertiary/aromatic N) is 1. The number of aromatic amines is 1. The first-order valence-electron chi connectivity index (χ1n) is 14.5. The van der Waals surface area contributed by atoms with E-state index in [1.807, 2.05) is 25.7 Å². The number of fused-ring (bicyclic) bond motifs is 2. The molecule has 1 amide bonds. The number of H-pyrrole nitrogens is 1.